The molecule has 0 radical (unpaired) electrons. The van der Waals surface area contributed by atoms with Crippen molar-refractivity contribution < 1.29 is 5.11 Å². The molecule has 1 aromatic heterocycles. The molecule has 0 bridgehead atoms. The summed E-state index contributed by atoms with van der Waals surface area (Å²) in [7, 11) is 0. The van der Waals surface area contributed by atoms with E-state index in [1.54, 1.807) is 6.20 Å². The Morgan fingerprint density at radius 3 is 2.89 bits per heavy atom. The van der Waals surface area contributed by atoms with Crippen molar-refractivity contribution in [2.75, 3.05) is 18.1 Å². The lowest BCUT2D eigenvalue weighted by Crippen LogP contribution is -2.41. The molecular formula is C13H20N4O. The first-order valence-corrected chi connectivity index (χ1v) is 6.40. The summed E-state index contributed by atoms with van der Waals surface area (Å²) in [5.41, 5.74) is 7.03. The molecule has 0 spiro atoms. The van der Waals surface area contributed by atoms with Crippen LogP contribution in [-0.4, -0.2) is 35.1 Å². The molecule has 0 aromatic carbocycles. The number of hydrogen-bond acceptors (Lipinski definition) is 4. The van der Waals surface area contributed by atoms with Crippen LogP contribution in [0.4, 0.5) is 5.69 Å². The maximum absolute atomic E-state index is 8.98. The van der Waals surface area contributed by atoms with Gasteiger partial charge in [0.1, 0.15) is 11.5 Å². The Labute approximate surface area is 107 Å². The van der Waals surface area contributed by atoms with Crippen LogP contribution >= 0.6 is 0 Å². The lowest BCUT2D eigenvalue weighted by atomic mass is 9.91. The minimum Gasteiger partial charge on any atom is -0.396 e. The third kappa shape index (κ3) is 2.79. The molecular weight excluding hydrogens is 228 g/mol. The second-order valence-electron chi connectivity index (χ2n) is 4.67. The van der Waals surface area contributed by atoms with Gasteiger partial charge in [-0.3, -0.25) is 10.4 Å². The zero-order chi connectivity index (χ0) is 13.0. The third-order valence-corrected chi connectivity index (χ3v) is 3.42. The van der Waals surface area contributed by atoms with Gasteiger partial charge in [-0.1, -0.05) is 0 Å². The average Bonchev–Trinajstić information content (AvgIpc) is 2.32. The van der Waals surface area contributed by atoms with Crippen LogP contribution in [0.15, 0.2) is 18.3 Å². The number of amidine groups is 1. The fourth-order valence-electron chi connectivity index (χ4n) is 2.21. The van der Waals surface area contributed by atoms with Crippen molar-refractivity contribution in [3.05, 3.63) is 24.0 Å². The molecule has 1 heterocycles. The summed E-state index contributed by atoms with van der Waals surface area (Å²) < 4.78 is 0. The predicted octanol–water partition coefficient (Wildman–Crippen LogP) is 1.11. The molecule has 1 aliphatic carbocycles. The molecule has 0 atom stereocenters. The number of nitrogen functional groups attached to an aromatic ring is 1. The molecule has 0 aliphatic heterocycles. The topological polar surface area (TPSA) is 86.2 Å². The first kappa shape index (κ1) is 12.8. The van der Waals surface area contributed by atoms with Gasteiger partial charge in [-0.25, -0.2) is 0 Å². The Bertz CT molecular complexity index is 417. The highest BCUT2D eigenvalue weighted by atomic mass is 16.3. The number of nitrogens with two attached hydrogens (primary N) is 1. The molecule has 2 rings (SSSR count). The molecule has 5 nitrogen and oxygen atoms in total. The van der Waals surface area contributed by atoms with Crippen LogP contribution in [0, 0.1) is 5.41 Å². The normalized spacial score (nSPS) is 15.2. The number of rotatable bonds is 6. The molecule has 0 saturated heterocycles. The van der Waals surface area contributed by atoms with E-state index in [0.717, 1.165) is 18.7 Å². The molecule has 5 heteroatoms. The average molecular weight is 248 g/mol. The second kappa shape index (κ2) is 5.82. The number of pyridine rings is 1. The smallest absolute Gasteiger partial charge is 0.141 e. The van der Waals surface area contributed by atoms with E-state index in [1.165, 1.54) is 19.3 Å². The van der Waals surface area contributed by atoms with Gasteiger partial charge in [-0.15, -0.1) is 0 Å². The van der Waals surface area contributed by atoms with Crippen LogP contribution < -0.4 is 10.6 Å². The van der Waals surface area contributed by atoms with Crippen molar-refractivity contribution in [3.63, 3.8) is 0 Å². The minimum absolute atomic E-state index is 0.00688. The van der Waals surface area contributed by atoms with Crippen LogP contribution in [0.5, 0.6) is 0 Å². The van der Waals surface area contributed by atoms with E-state index in [0.29, 0.717) is 11.7 Å². The fourth-order valence-corrected chi connectivity index (χ4v) is 2.21. The number of aliphatic hydroxyl groups is 1. The largest absolute Gasteiger partial charge is 0.396 e. The maximum atomic E-state index is 8.98. The van der Waals surface area contributed by atoms with Gasteiger partial charge in [0, 0.05) is 31.1 Å². The van der Waals surface area contributed by atoms with Crippen molar-refractivity contribution >= 4 is 11.5 Å². The molecule has 1 saturated carbocycles. The van der Waals surface area contributed by atoms with E-state index >= 15 is 0 Å². The van der Waals surface area contributed by atoms with Gasteiger partial charge in [0.25, 0.3) is 0 Å². The molecule has 1 fully saturated rings. The van der Waals surface area contributed by atoms with Crippen molar-refractivity contribution in [1.82, 2.24) is 4.98 Å². The highest BCUT2D eigenvalue weighted by Crippen LogP contribution is 2.29. The van der Waals surface area contributed by atoms with Crippen LogP contribution in [0.25, 0.3) is 0 Å². The zero-order valence-electron chi connectivity index (χ0n) is 10.5. The van der Waals surface area contributed by atoms with E-state index in [2.05, 4.69) is 9.88 Å². The van der Waals surface area contributed by atoms with Gasteiger partial charge in [-0.2, -0.15) is 0 Å². The van der Waals surface area contributed by atoms with Crippen molar-refractivity contribution in [2.45, 2.75) is 31.7 Å². The number of hydrogen-bond donors (Lipinski definition) is 3. The summed E-state index contributed by atoms with van der Waals surface area (Å²) in [4.78, 5) is 6.38. The van der Waals surface area contributed by atoms with Gasteiger partial charge < -0.3 is 15.7 Å². The molecule has 0 amide bonds. The minimum atomic E-state index is -0.00688. The molecule has 0 unspecified atom stereocenters. The summed E-state index contributed by atoms with van der Waals surface area (Å²) in [6.45, 7) is 1.04. The monoisotopic (exact) mass is 248 g/mol. The fraction of sp³-hybridized carbons (Fsp3) is 0.538. The summed E-state index contributed by atoms with van der Waals surface area (Å²) in [5, 5.41) is 16.4. The first-order chi connectivity index (χ1) is 8.72. The molecule has 1 aromatic rings. The Morgan fingerprint density at radius 2 is 2.33 bits per heavy atom. The van der Waals surface area contributed by atoms with E-state index in [-0.39, 0.29) is 12.4 Å². The van der Waals surface area contributed by atoms with Crippen molar-refractivity contribution in [1.29, 1.82) is 5.41 Å². The Balaban J connectivity index is 2.17. The lowest BCUT2D eigenvalue weighted by molar-refractivity contribution is 0.283. The maximum Gasteiger partial charge on any atom is 0.141 e. The molecule has 18 heavy (non-hydrogen) atoms. The summed E-state index contributed by atoms with van der Waals surface area (Å²) in [6.07, 6.45) is 6.11. The van der Waals surface area contributed by atoms with E-state index in [1.807, 2.05) is 12.1 Å². The van der Waals surface area contributed by atoms with Crippen LogP contribution in [0.3, 0.4) is 0 Å². The number of anilines is 1. The van der Waals surface area contributed by atoms with Gasteiger partial charge >= 0.3 is 0 Å². The standard InChI is InChI=1S/C13H20N4O/c14-13(15)12-9-11(5-6-16-12)17(7-2-8-18)10-3-1-4-10/h5-6,9-10,18H,1-4,7-8H2,(H3,14,15). The number of nitrogens with one attached hydrogen (secondary N) is 1. The quantitative estimate of drug-likeness (QED) is 0.520. The van der Waals surface area contributed by atoms with Gasteiger partial charge in [-0.05, 0) is 37.8 Å². The van der Waals surface area contributed by atoms with E-state index in [4.69, 9.17) is 16.2 Å². The Morgan fingerprint density at radius 1 is 1.56 bits per heavy atom. The number of aliphatic hydroxyl groups excluding tert-OH is 1. The Hall–Kier alpha value is -1.62. The van der Waals surface area contributed by atoms with Gasteiger partial charge in [0.05, 0.1) is 0 Å². The van der Waals surface area contributed by atoms with Gasteiger partial charge in [0.2, 0.25) is 0 Å². The SMILES string of the molecule is N=C(N)c1cc(N(CCCO)C2CCC2)ccn1. The highest BCUT2D eigenvalue weighted by Gasteiger charge is 2.25. The molecule has 4 N–H and O–H groups in total. The Kier molecular flexibility index (Phi) is 4.15. The van der Waals surface area contributed by atoms with Crippen LogP contribution in [-0.2, 0) is 0 Å². The van der Waals surface area contributed by atoms with E-state index in [9.17, 15) is 0 Å². The highest BCUT2D eigenvalue weighted by molar-refractivity contribution is 5.93. The van der Waals surface area contributed by atoms with Crippen LogP contribution in [0.1, 0.15) is 31.4 Å². The van der Waals surface area contributed by atoms with Gasteiger partial charge in [0.15, 0.2) is 0 Å². The number of nitrogens with zero attached hydrogens (tertiary/aromatic N) is 2. The third-order valence-electron chi connectivity index (χ3n) is 3.42. The van der Waals surface area contributed by atoms with Crippen molar-refractivity contribution in [3.8, 4) is 0 Å². The first-order valence-electron chi connectivity index (χ1n) is 6.40. The zero-order valence-corrected chi connectivity index (χ0v) is 10.5. The number of aromatic nitrogens is 1. The molecule has 1 aliphatic rings. The summed E-state index contributed by atoms with van der Waals surface area (Å²) in [5.74, 6) is -0.00688. The van der Waals surface area contributed by atoms with Crippen molar-refractivity contribution in [2.24, 2.45) is 5.73 Å². The lowest BCUT2D eigenvalue weighted by Gasteiger charge is -2.39. The van der Waals surface area contributed by atoms with E-state index < -0.39 is 0 Å². The predicted molar refractivity (Wildman–Crippen MR) is 71.9 cm³/mol. The second-order valence-corrected chi connectivity index (χ2v) is 4.67. The molecule has 98 valence electrons. The summed E-state index contributed by atoms with van der Waals surface area (Å²) in [6, 6.07) is 4.36. The summed E-state index contributed by atoms with van der Waals surface area (Å²) >= 11 is 0. The van der Waals surface area contributed by atoms with Crippen LogP contribution in [0.2, 0.25) is 0 Å².